The monoisotopic (exact) mass is 232 g/mol. The van der Waals surface area contributed by atoms with Crippen LogP contribution in [0.25, 0.3) is 6.08 Å². The normalized spacial score (nSPS) is 10.3. The summed E-state index contributed by atoms with van der Waals surface area (Å²) in [4.78, 5) is 10.4. The second-order valence-electron chi connectivity index (χ2n) is 2.59. The number of ether oxygens (including phenoxy) is 1. The third kappa shape index (κ3) is 4.81. The van der Waals surface area contributed by atoms with E-state index >= 15 is 0 Å². The number of carboxylic acid groups (broad SMARTS) is 1. The van der Waals surface area contributed by atoms with Crippen LogP contribution >= 0.6 is 0 Å². The van der Waals surface area contributed by atoms with Gasteiger partial charge in [0, 0.05) is 0 Å². The van der Waals surface area contributed by atoms with E-state index in [4.69, 9.17) is 5.11 Å². The number of carbonyl (C=O) groups is 1. The van der Waals surface area contributed by atoms with Gasteiger partial charge < -0.3 is 19.7 Å². The molecule has 0 saturated carbocycles. The summed E-state index contributed by atoms with van der Waals surface area (Å²) in [5.74, 6) is -1.51. The Bertz CT molecular complexity index is 356. The van der Waals surface area contributed by atoms with Crippen LogP contribution in [0.3, 0.4) is 0 Å². The number of hydrogen-bond donors (Lipinski definition) is 1. The number of benzene rings is 1. The Kier molecular flexibility index (Phi) is 6.87. The van der Waals surface area contributed by atoms with E-state index in [-0.39, 0.29) is 62.9 Å². The maximum Gasteiger partial charge on any atom is 1.00 e. The summed E-state index contributed by atoms with van der Waals surface area (Å²) in [5, 5.41) is 19.4. The predicted octanol–water partition coefficient (Wildman–Crippen LogP) is -2.87. The van der Waals surface area contributed by atoms with Crippen molar-refractivity contribution in [2.24, 2.45) is 0 Å². The predicted molar refractivity (Wildman–Crippen MR) is 48.1 cm³/mol. The molecule has 0 aromatic heterocycles. The number of carboxylic acids is 1. The maximum atomic E-state index is 10.4. The van der Waals surface area contributed by atoms with Crippen LogP contribution in [0.1, 0.15) is 5.56 Å². The number of phenols is 1. The minimum Gasteiger partial charge on any atom is -0.542 e. The van der Waals surface area contributed by atoms with E-state index in [9.17, 15) is 9.90 Å². The number of carbonyl (C=O) groups excluding carboxylic acids is 1. The van der Waals surface area contributed by atoms with Gasteiger partial charge in [-0.25, -0.2) is 0 Å². The SMILES string of the molecule is CO/C(=C\c1ccc(O)cc1)C(=O)[O-].[K+]. The van der Waals surface area contributed by atoms with Gasteiger partial charge in [0.2, 0.25) is 0 Å². The molecule has 5 heteroatoms. The van der Waals surface area contributed by atoms with Crippen molar-refractivity contribution in [2.45, 2.75) is 0 Å². The van der Waals surface area contributed by atoms with E-state index < -0.39 is 5.97 Å². The molecule has 0 heterocycles. The minimum absolute atomic E-state index is 0. The summed E-state index contributed by atoms with van der Waals surface area (Å²) < 4.78 is 4.58. The van der Waals surface area contributed by atoms with Gasteiger partial charge in [-0.15, -0.1) is 0 Å². The summed E-state index contributed by atoms with van der Waals surface area (Å²) in [6.07, 6.45) is 1.31. The fraction of sp³-hybridized carbons (Fsp3) is 0.100. The Morgan fingerprint density at radius 2 is 1.93 bits per heavy atom. The maximum absolute atomic E-state index is 10.4. The molecule has 0 fully saturated rings. The molecular weight excluding hydrogens is 223 g/mol. The van der Waals surface area contributed by atoms with E-state index in [1.807, 2.05) is 0 Å². The van der Waals surface area contributed by atoms with Crippen LogP contribution in [0.4, 0.5) is 0 Å². The second-order valence-corrected chi connectivity index (χ2v) is 2.59. The fourth-order valence-corrected chi connectivity index (χ4v) is 0.923. The van der Waals surface area contributed by atoms with Crippen LogP contribution in [-0.4, -0.2) is 18.2 Å². The van der Waals surface area contributed by atoms with Crippen LogP contribution in [0, 0.1) is 0 Å². The number of aromatic hydroxyl groups is 1. The molecular formula is C10H9KO4. The number of methoxy groups -OCH3 is 1. The zero-order valence-electron chi connectivity index (χ0n) is 8.56. The molecule has 0 aliphatic carbocycles. The molecule has 1 aromatic rings. The van der Waals surface area contributed by atoms with E-state index in [0.29, 0.717) is 5.56 Å². The topological polar surface area (TPSA) is 69.6 Å². The van der Waals surface area contributed by atoms with E-state index in [0.717, 1.165) is 0 Å². The molecule has 0 atom stereocenters. The molecule has 0 unspecified atom stereocenters. The summed E-state index contributed by atoms with van der Waals surface area (Å²) in [6, 6.07) is 6.04. The number of hydrogen-bond acceptors (Lipinski definition) is 4. The molecule has 1 N–H and O–H groups in total. The van der Waals surface area contributed by atoms with Gasteiger partial charge in [-0.2, -0.15) is 0 Å². The molecule has 0 spiro atoms. The first-order valence-corrected chi connectivity index (χ1v) is 3.89. The van der Waals surface area contributed by atoms with Gasteiger partial charge in [0.25, 0.3) is 0 Å². The van der Waals surface area contributed by atoms with Gasteiger partial charge in [0.05, 0.1) is 7.11 Å². The van der Waals surface area contributed by atoms with E-state index in [1.54, 1.807) is 12.1 Å². The first-order chi connectivity index (χ1) is 6.63. The number of aliphatic carboxylic acids is 1. The first kappa shape index (κ1) is 14.7. The molecule has 0 radical (unpaired) electrons. The van der Waals surface area contributed by atoms with Crippen molar-refractivity contribution >= 4 is 12.0 Å². The zero-order chi connectivity index (χ0) is 10.6. The Morgan fingerprint density at radius 3 is 2.33 bits per heavy atom. The van der Waals surface area contributed by atoms with Crippen molar-refractivity contribution in [3.8, 4) is 5.75 Å². The average molecular weight is 232 g/mol. The third-order valence-electron chi connectivity index (χ3n) is 1.61. The molecule has 0 amide bonds. The third-order valence-corrected chi connectivity index (χ3v) is 1.61. The van der Waals surface area contributed by atoms with Crippen LogP contribution in [0.5, 0.6) is 5.75 Å². The average Bonchev–Trinajstić information content (AvgIpc) is 2.16. The number of phenolic OH excluding ortho intramolecular Hbond substituents is 1. The summed E-state index contributed by atoms with van der Waals surface area (Å²) in [7, 11) is 1.25. The van der Waals surface area contributed by atoms with Crippen LogP contribution < -0.4 is 56.5 Å². The van der Waals surface area contributed by atoms with E-state index in [2.05, 4.69) is 4.74 Å². The second kappa shape index (κ2) is 7.03. The summed E-state index contributed by atoms with van der Waals surface area (Å²) in [6.45, 7) is 0. The number of rotatable bonds is 3. The van der Waals surface area contributed by atoms with Crippen LogP contribution in [-0.2, 0) is 9.53 Å². The van der Waals surface area contributed by atoms with Gasteiger partial charge in [0.15, 0.2) is 0 Å². The molecule has 4 nitrogen and oxygen atoms in total. The Morgan fingerprint density at radius 1 is 1.40 bits per heavy atom. The molecule has 1 rings (SSSR count). The van der Waals surface area contributed by atoms with Gasteiger partial charge >= 0.3 is 51.4 Å². The van der Waals surface area contributed by atoms with Gasteiger partial charge in [-0.3, -0.25) is 0 Å². The van der Waals surface area contributed by atoms with Crippen molar-refractivity contribution in [3.63, 3.8) is 0 Å². The van der Waals surface area contributed by atoms with Crippen molar-refractivity contribution < 1.29 is 71.1 Å². The molecule has 0 aliphatic rings. The summed E-state index contributed by atoms with van der Waals surface area (Å²) >= 11 is 0. The van der Waals surface area contributed by atoms with Gasteiger partial charge in [0.1, 0.15) is 17.5 Å². The standard InChI is InChI=1S/C10H10O4.K/c1-14-9(10(12)13)6-7-2-4-8(11)5-3-7;/h2-6,11H,1H3,(H,12,13);/q;+1/p-1/b9-6-;. The van der Waals surface area contributed by atoms with Gasteiger partial charge in [-0.1, -0.05) is 12.1 Å². The molecule has 1 aromatic carbocycles. The smallest absolute Gasteiger partial charge is 0.542 e. The van der Waals surface area contributed by atoms with Crippen molar-refractivity contribution in [1.82, 2.24) is 0 Å². The quantitative estimate of drug-likeness (QED) is 0.346. The Hall–Kier alpha value is -0.334. The molecule has 0 aliphatic heterocycles. The largest absolute Gasteiger partial charge is 1.00 e. The summed E-state index contributed by atoms with van der Waals surface area (Å²) in [5.41, 5.74) is 0.615. The van der Waals surface area contributed by atoms with Gasteiger partial charge in [-0.05, 0) is 23.8 Å². The zero-order valence-corrected chi connectivity index (χ0v) is 11.7. The molecule has 0 bridgehead atoms. The first-order valence-electron chi connectivity index (χ1n) is 3.89. The fourth-order valence-electron chi connectivity index (χ4n) is 0.923. The van der Waals surface area contributed by atoms with Crippen molar-refractivity contribution in [3.05, 3.63) is 35.6 Å². The Balaban J connectivity index is 0.00000196. The molecule has 0 saturated heterocycles. The molecule has 15 heavy (non-hydrogen) atoms. The van der Waals surface area contributed by atoms with E-state index in [1.165, 1.54) is 25.3 Å². The molecule has 74 valence electrons. The van der Waals surface area contributed by atoms with Crippen LogP contribution in [0.15, 0.2) is 30.0 Å². The van der Waals surface area contributed by atoms with Crippen molar-refractivity contribution in [2.75, 3.05) is 7.11 Å². The van der Waals surface area contributed by atoms with Crippen molar-refractivity contribution in [1.29, 1.82) is 0 Å². The minimum atomic E-state index is -1.37. The Labute approximate surface area is 130 Å². The van der Waals surface area contributed by atoms with Crippen LogP contribution in [0.2, 0.25) is 0 Å².